The summed E-state index contributed by atoms with van der Waals surface area (Å²) in [7, 11) is 0. The number of carbonyl (C=O) groups is 1. The largest absolute Gasteiger partial charge is 0.494 e. The van der Waals surface area contributed by atoms with Crippen LogP contribution >= 0.6 is 0 Å². The standard InChI is InChI=1S/C14H22N2O2/c1-4-16(5-2)11-14(17)15-12-7-9-13(10-8-12)18-6-3/h7-10H,4-6,11H2,1-3H3,(H,15,17). The van der Waals surface area contributed by atoms with Crippen LogP contribution in [-0.2, 0) is 4.79 Å². The third-order valence-corrected chi connectivity index (χ3v) is 2.71. The molecule has 1 amide bonds. The number of likely N-dealkylation sites (N-methyl/N-ethyl adjacent to an activating group) is 1. The van der Waals surface area contributed by atoms with Gasteiger partial charge in [0.2, 0.25) is 5.91 Å². The van der Waals surface area contributed by atoms with E-state index in [2.05, 4.69) is 10.2 Å². The highest BCUT2D eigenvalue weighted by molar-refractivity contribution is 5.92. The molecule has 0 aliphatic rings. The van der Waals surface area contributed by atoms with Gasteiger partial charge in [0.25, 0.3) is 0 Å². The second kappa shape index (κ2) is 7.71. The van der Waals surface area contributed by atoms with Gasteiger partial charge >= 0.3 is 0 Å². The maximum absolute atomic E-state index is 11.8. The van der Waals surface area contributed by atoms with Crippen LogP contribution in [0.25, 0.3) is 0 Å². The zero-order chi connectivity index (χ0) is 13.4. The van der Waals surface area contributed by atoms with E-state index in [-0.39, 0.29) is 5.91 Å². The van der Waals surface area contributed by atoms with Crippen LogP contribution in [0.5, 0.6) is 5.75 Å². The minimum Gasteiger partial charge on any atom is -0.494 e. The highest BCUT2D eigenvalue weighted by Crippen LogP contribution is 2.15. The molecule has 0 saturated carbocycles. The Morgan fingerprint density at radius 3 is 2.28 bits per heavy atom. The van der Waals surface area contributed by atoms with Gasteiger partial charge in [-0.2, -0.15) is 0 Å². The first-order chi connectivity index (χ1) is 8.69. The van der Waals surface area contributed by atoms with Gasteiger partial charge in [0.05, 0.1) is 13.2 Å². The Labute approximate surface area is 109 Å². The number of hydrogen-bond donors (Lipinski definition) is 1. The molecule has 0 spiro atoms. The average Bonchev–Trinajstić information content (AvgIpc) is 2.38. The molecule has 0 radical (unpaired) electrons. The lowest BCUT2D eigenvalue weighted by Crippen LogP contribution is -2.32. The summed E-state index contributed by atoms with van der Waals surface area (Å²) < 4.78 is 5.34. The number of ether oxygens (including phenoxy) is 1. The van der Waals surface area contributed by atoms with Crippen molar-refractivity contribution < 1.29 is 9.53 Å². The number of amides is 1. The topological polar surface area (TPSA) is 41.6 Å². The van der Waals surface area contributed by atoms with Crippen molar-refractivity contribution in [2.45, 2.75) is 20.8 Å². The average molecular weight is 250 g/mol. The van der Waals surface area contributed by atoms with E-state index in [0.717, 1.165) is 24.5 Å². The van der Waals surface area contributed by atoms with Crippen LogP contribution in [-0.4, -0.2) is 37.0 Å². The monoisotopic (exact) mass is 250 g/mol. The predicted octanol–water partition coefficient (Wildman–Crippen LogP) is 2.37. The fraction of sp³-hybridized carbons (Fsp3) is 0.500. The SMILES string of the molecule is CCOc1ccc(NC(=O)CN(CC)CC)cc1. The van der Waals surface area contributed by atoms with E-state index in [9.17, 15) is 4.79 Å². The van der Waals surface area contributed by atoms with Crippen molar-refractivity contribution in [3.8, 4) is 5.75 Å². The Morgan fingerprint density at radius 1 is 1.17 bits per heavy atom. The van der Waals surface area contributed by atoms with Gasteiger partial charge in [-0.3, -0.25) is 9.69 Å². The lowest BCUT2D eigenvalue weighted by Gasteiger charge is -2.17. The maximum Gasteiger partial charge on any atom is 0.238 e. The number of rotatable bonds is 7. The second-order valence-corrected chi connectivity index (χ2v) is 3.97. The summed E-state index contributed by atoms with van der Waals surface area (Å²) in [5.41, 5.74) is 0.801. The summed E-state index contributed by atoms with van der Waals surface area (Å²) in [6.07, 6.45) is 0. The predicted molar refractivity (Wildman–Crippen MR) is 74.0 cm³/mol. The van der Waals surface area contributed by atoms with Gasteiger partial charge in [-0.15, -0.1) is 0 Å². The highest BCUT2D eigenvalue weighted by atomic mass is 16.5. The number of carbonyl (C=O) groups excluding carboxylic acids is 1. The van der Waals surface area contributed by atoms with Gasteiger partial charge in [0, 0.05) is 5.69 Å². The molecule has 4 heteroatoms. The Kier molecular flexibility index (Phi) is 6.22. The van der Waals surface area contributed by atoms with E-state index in [4.69, 9.17) is 4.74 Å². The molecule has 0 heterocycles. The quantitative estimate of drug-likeness (QED) is 0.807. The van der Waals surface area contributed by atoms with Gasteiger partial charge in [-0.05, 0) is 44.3 Å². The van der Waals surface area contributed by atoms with Crippen LogP contribution in [0.15, 0.2) is 24.3 Å². The number of nitrogens with zero attached hydrogens (tertiary/aromatic N) is 1. The zero-order valence-corrected chi connectivity index (χ0v) is 11.4. The molecule has 0 fully saturated rings. The van der Waals surface area contributed by atoms with Crippen LogP contribution in [0.4, 0.5) is 5.69 Å². The normalized spacial score (nSPS) is 10.4. The number of hydrogen-bond acceptors (Lipinski definition) is 3. The van der Waals surface area contributed by atoms with Gasteiger partial charge in [-0.25, -0.2) is 0 Å². The van der Waals surface area contributed by atoms with E-state index in [1.165, 1.54) is 0 Å². The lowest BCUT2D eigenvalue weighted by molar-refractivity contribution is -0.117. The fourth-order valence-corrected chi connectivity index (χ4v) is 1.65. The molecule has 1 aromatic rings. The maximum atomic E-state index is 11.8. The van der Waals surface area contributed by atoms with Crippen molar-refractivity contribution in [3.05, 3.63) is 24.3 Å². The van der Waals surface area contributed by atoms with Gasteiger partial charge in [0.15, 0.2) is 0 Å². The van der Waals surface area contributed by atoms with E-state index in [1.807, 2.05) is 45.0 Å². The third kappa shape index (κ3) is 4.75. The number of nitrogens with one attached hydrogen (secondary N) is 1. The molecular weight excluding hydrogens is 228 g/mol. The summed E-state index contributed by atoms with van der Waals surface area (Å²) in [6, 6.07) is 7.42. The first-order valence-corrected chi connectivity index (χ1v) is 6.44. The van der Waals surface area contributed by atoms with Crippen LogP contribution < -0.4 is 10.1 Å². The fourth-order valence-electron chi connectivity index (χ4n) is 1.65. The second-order valence-electron chi connectivity index (χ2n) is 3.97. The van der Waals surface area contributed by atoms with Crippen molar-refractivity contribution >= 4 is 11.6 Å². The molecule has 0 bridgehead atoms. The Bertz CT molecular complexity index is 359. The molecule has 1 rings (SSSR count). The first-order valence-electron chi connectivity index (χ1n) is 6.44. The molecular formula is C14H22N2O2. The Balaban J connectivity index is 2.48. The summed E-state index contributed by atoms with van der Waals surface area (Å²) >= 11 is 0. The molecule has 0 aliphatic heterocycles. The third-order valence-electron chi connectivity index (χ3n) is 2.71. The first kappa shape index (κ1) is 14.5. The smallest absolute Gasteiger partial charge is 0.238 e. The molecule has 1 aromatic carbocycles. The zero-order valence-electron chi connectivity index (χ0n) is 11.4. The van der Waals surface area contributed by atoms with Crippen molar-refractivity contribution in [2.24, 2.45) is 0 Å². The molecule has 0 aromatic heterocycles. The minimum absolute atomic E-state index is 0.0165. The molecule has 4 nitrogen and oxygen atoms in total. The molecule has 0 unspecified atom stereocenters. The summed E-state index contributed by atoms with van der Waals surface area (Å²) in [6.45, 7) is 8.88. The van der Waals surface area contributed by atoms with Crippen LogP contribution in [0.3, 0.4) is 0 Å². The van der Waals surface area contributed by atoms with Crippen molar-refractivity contribution in [1.82, 2.24) is 4.90 Å². The van der Waals surface area contributed by atoms with Crippen LogP contribution in [0.1, 0.15) is 20.8 Å². The van der Waals surface area contributed by atoms with Crippen LogP contribution in [0.2, 0.25) is 0 Å². The summed E-state index contributed by atoms with van der Waals surface area (Å²) in [5.74, 6) is 0.835. The molecule has 0 atom stereocenters. The Morgan fingerprint density at radius 2 is 1.78 bits per heavy atom. The summed E-state index contributed by atoms with van der Waals surface area (Å²) in [5, 5.41) is 2.87. The van der Waals surface area contributed by atoms with Gasteiger partial charge in [0.1, 0.15) is 5.75 Å². The molecule has 18 heavy (non-hydrogen) atoms. The molecule has 100 valence electrons. The highest BCUT2D eigenvalue weighted by Gasteiger charge is 2.07. The molecule has 1 N–H and O–H groups in total. The Hall–Kier alpha value is -1.55. The van der Waals surface area contributed by atoms with E-state index in [1.54, 1.807) is 0 Å². The lowest BCUT2D eigenvalue weighted by atomic mass is 10.3. The van der Waals surface area contributed by atoms with Crippen LogP contribution in [0, 0.1) is 0 Å². The molecule has 0 aliphatic carbocycles. The summed E-state index contributed by atoms with van der Waals surface area (Å²) in [4.78, 5) is 13.8. The van der Waals surface area contributed by atoms with Crippen molar-refractivity contribution in [3.63, 3.8) is 0 Å². The van der Waals surface area contributed by atoms with E-state index in [0.29, 0.717) is 13.2 Å². The number of benzene rings is 1. The number of anilines is 1. The van der Waals surface area contributed by atoms with Gasteiger partial charge < -0.3 is 10.1 Å². The van der Waals surface area contributed by atoms with E-state index >= 15 is 0 Å². The minimum atomic E-state index is 0.0165. The van der Waals surface area contributed by atoms with Crippen molar-refractivity contribution in [2.75, 3.05) is 31.6 Å². The van der Waals surface area contributed by atoms with Crippen molar-refractivity contribution in [1.29, 1.82) is 0 Å². The molecule has 0 saturated heterocycles. The van der Waals surface area contributed by atoms with Gasteiger partial charge in [-0.1, -0.05) is 13.8 Å². The van der Waals surface area contributed by atoms with E-state index < -0.39 is 0 Å².